The first kappa shape index (κ1) is 30.8. The maximum absolute atomic E-state index is 4.77. The molecular formula is C43H35N7. The van der Waals surface area contributed by atoms with Crippen LogP contribution in [0, 0.1) is 0 Å². The second-order valence-corrected chi connectivity index (χ2v) is 12.2. The van der Waals surface area contributed by atoms with Gasteiger partial charge in [-0.3, -0.25) is 9.97 Å². The Morgan fingerprint density at radius 3 is 1.86 bits per heavy atom. The van der Waals surface area contributed by atoms with Crippen LogP contribution in [-0.2, 0) is 18.5 Å². The van der Waals surface area contributed by atoms with E-state index < -0.39 is 5.54 Å². The first-order valence-corrected chi connectivity index (χ1v) is 16.9. The normalized spacial score (nSPS) is 11.5. The Bertz CT molecular complexity index is 2260. The van der Waals surface area contributed by atoms with Gasteiger partial charge in [-0.2, -0.15) is 0 Å². The first-order valence-electron chi connectivity index (χ1n) is 16.9. The summed E-state index contributed by atoms with van der Waals surface area (Å²) in [7, 11) is 0. The summed E-state index contributed by atoms with van der Waals surface area (Å²) in [5.74, 6) is 0.673. The first-order chi connectivity index (χ1) is 24.8. The Hall–Kier alpha value is -6.47. The summed E-state index contributed by atoms with van der Waals surface area (Å²) >= 11 is 0. The Morgan fingerprint density at radius 2 is 1.24 bits per heavy atom. The summed E-state index contributed by atoms with van der Waals surface area (Å²) in [6.07, 6.45) is 2.67. The zero-order valence-corrected chi connectivity index (χ0v) is 27.7. The largest absolute Gasteiger partial charge is 0.379 e. The van der Waals surface area contributed by atoms with Crippen molar-refractivity contribution < 1.29 is 0 Å². The van der Waals surface area contributed by atoms with Crippen LogP contribution < -0.4 is 5.32 Å². The molecule has 0 amide bonds. The number of rotatable bonds is 10. The van der Waals surface area contributed by atoms with E-state index in [1.165, 1.54) is 0 Å². The molecule has 1 N–H and O–H groups in total. The standard InChI is InChI=1S/C43H35N7/c1-2-36-29-40(41-39(46-36)23-14-28-44-41)45-30-31-24-26-32(27-25-31)37-21-12-13-22-38(37)42-47-48-49-50(42)43(33-15-6-3-7-16-33,34-17-8-4-9-18-34)35-19-10-5-11-20-35/h3-29H,2,30H2,1H3,(H,45,46). The lowest BCUT2D eigenvalue weighted by Gasteiger charge is -2.36. The van der Waals surface area contributed by atoms with Crippen LogP contribution >= 0.6 is 0 Å². The molecule has 0 unspecified atom stereocenters. The lowest BCUT2D eigenvalue weighted by Crippen LogP contribution is -2.39. The van der Waals surface area contributed by atoms with Crippen molar-refractivity contribution in [2.45, 2.75) is 25.4 Å². The van der Waals surface area contributed by atoms with Crippen molar-refractivity contribution in [1.29, 1.82) is 0 Å². The minimum absolute atomic E-state index is 0.659. The van der Waals surface area contributed by atoms with Crippen molar-refractivity contribution in [1.82, 2.24) is 30.2 Å². The Morgan fingerprint density at radius 1 is 0.640 bits per heavy atom. The van der Waals surface area contributed by atoms with Crippen LogP contribution in [0.1, 0.15) is 34.9 Å². The van der Waals surface area contributed by atoms with Crippen molar-refractivity contribution in [2.75, 3.05) is 5.32 Å². The van der Waals surface area contributed by atoms with Gasteiger partial charge < -0.3 is 5.32 Å². The van der Waals surface area contributed by atoms with E-state index >= 15 is 0 Å². The van der Waals surface area contributed by atoms with Crippen LogP contribution in [0.25, 0.3) is 33.5 Å². The fourth-order valence-electron chi connectivity index (χ4n) is 6.85. The van der Waals surface area contributed by atoms with E-state index in [1.807, 2.05) is 47.3 Å². The summed E-state index contributed by atoms with van der Waals surface area (Å²) in [4.78, 5) is 9.33. The van der Waals surface area contributed by atoms with Gasteiger partial charge in [-0.05, 0) is 68.4 Å². The van der Waals surface area contributed by atoms with Gasteiger partial charge in [0.2, 0.25) is 0 Å². The zero-order chi connectivity index (χ0) is 33.8. The molecule has 7 nitrogen and oxygen atoms in total. The van der Waals surface area contributed by atoms with Gasteiger partial charge in [0.05, 0.1) is 11.2 Å². The van der Waals surface area contributed by atoms with Crippen LogP contribution in [0.2, 0.25) is 0 Å². The molecular weight excluding hydrogens is 615 g/mol. The molecule has 0 fully saturated rings. The van der Waals surface area contributed by atoms with Crippen molar-refractivity contribution >= 4 is 16.7 Å². The fraction of sp³-hybridized carbons (Fsp3) is 0.0930. The van der Waals surface area contributed by atoms with Gasteiger partial charge in [-0.1, -0.05) is 146 Å². The molecule has 0 bridgehead atoms. The fourth-order valence-corrected chi connectivity index (χ4v) is 6.85. The highest BCUT2D eigenvalue weighted by Crippen LogP contribution is 2.43. The smallest absolute Gasteiger partial charge is 0.184 e. The maximum atomic E-state index is 4.77. The van der Waals surface area contributed by atoms with Crippen LogP contribution in [-0.4, -0.2) is 30.2 Å². The quantitative estimate of drug-likeness (QED) is 0.149. The van der Waals surface area contributed by atoms with Crippen LogP contribution in [0.15, 0.2) is 164 Å². The van der Waals surface area contributed by atoms with E-state index in [2.05, 4.69) is 144 Å². The lowest BCUT2D eigenvalue weighted by molar-refractivity contribution is 0.451. The molecule has 8 rings (SSSR count). The Labute approximate surface area is 291 Å². The van der Waals surface area contributed by atoms with Crippen LogP contribution in [0.4, 0.5) is 5.69 Å². The molecule has 0 atom stereocenters. The van der Waals surface area contributed by atoms with E-state index in [1.54, 1.807) is 0 Å². The molecule has 0 aliphatic carbocycles. The number of hydrogen-bond acceptors (Lipinski definition) is 6. The summed E-state index contributed by atoms with van der Waals surface area (Å²) in [6, 6.07) is 54.5. The van der Waals surface area contributed by atoms with E-state index in [0.29, 0.717) is 12.4 Å². The monoisotopic (exact) mass is 649 g/mol. The third-order valence-electron chi connectivity index (χ3n) is 9.26. The molecule has 5 aromatic carbocycles. The highest BCUT2D eigenvalue weighted by Gasteiger charge is 2.42. The van der Waals surface area contributed by atoms with Crippen molar-refractivity contribution in [3.8, 4) is 22.5 Å². The molecule has 0 saturated carbocycles. The molecule has 242 valence electrons. The minimum Gasteiger partial charge on any atom is -0.379 e. The number of pyridine rings is 2. The molecule has 50 heavy (non-hydrogen) atoms. The van der Waals surface area contributed by atoms with Gasteiger partial charge in [0.1, 0.15) is 11.1 Å². The number of nitrogens with zero attached hydrogens (tertiary/aromatic N) is 6. The third-order valence-corrected chi connectivity index (χ3v) is 9.26. The molecule has 0 saturated heterocycles. The van der Waals surface area contributed by atoms with E-state index in [-0.39, 0.29) is 0 Å². The van der Waals surface area contributed by atoms with Gasteiger partial charge in [-0.15, -0.1) is 5.10 Å². The Kier molecular flexibility index (Phi) is 8.37. The van der Waals surface area contributed by atoms with Crippen molar-refractivity contribution in [3.05, 3.63) is 192 Å². The molecule has 0 aliphatic heterocycles. The van der Waals surface area contributed by atoms with Gasteiger partial charge in [0, 0.05) is 24.0 Å². The second-order valence-electron chi connectivity index (χ2n) is 12.2. The summed E-state index contributed by atoms with van der Waals surface area (Å²) in [5.41, 5.74) is 10.4. The number of anilines is 1. The number of fused-ring (bicyclic) bond motifs is 1. The number of aryl methyl sites for hydroxylation is 1. The average Bonchev–Trinajstić information content (AvgIpc) is 3.69. The van der Waals surface area contributed by atoms with Crippen molar-refractivity contribution in [2.24, 2.45) is 0 Å². The van der Waals surface area contributed by atoms with E-state index in [0.717, 1.165) is 67.8 Å². The molecule has 7 heteroatoms. The van der Waals surface area contributed by atoms with Crippen LogP contribution in [0.3, 0.4) is 0 Å². The number of benzene rings is 5. The minimum atomic E-state index is -0.838. The average molecular weight is 650 g/mol. The maximum Gasteiger partial charge on any atom is 0.184 e. The predicted molar refractivity (Wildman–Crippen MR) is 200 cm³/mol. The summed E-state index contributed by atoms with van der Waals surface area (Å²) in [5, 5.41) is 17.4. The summed E-state index contributed by atoms with van der Waals surface area (Å²) in [6.45, 7) is 2.78. The molecule has 0 aliphatic rings. The number of hydrogen-bond donors (Lipinski definition) is 1. The number of nitrogens with one attached hydrogen (secondary N) is 1. The summed E-state index contributed by atoms with van der Waals surface area (Å²) < 4.78 is 1.99. The van der Waals surface area contributed by atoms with Gasteiger partial charge in [0.15, 0.2) is 5.82 Å². The molecule has 3 aromatic heterocycles. The predicted octanol–water partition coefficient (Wildman–Crippen LogP) is 8.96. The van der Waals surface area contributed by atoms with E-state index in [4.69, 9.17) is 15.3 Å². The Balaban J connectivity index is 1.19. The molecule has 0 spiro atoms. The van der Waals surface area contributed by atoms with Crippen LogP contribution in [0.5, 0.6) is 0 Å². The van der Waals surface area contributed by atoms with E-state index in [9.17, 15) is 0 Å². The van der Waals surface area contributed by atoms with Crippen molar-refractivity contribution in [3.63, 3.8) is 0 Å². The SMILES string of the molecule is CCc1cc(NCc2ccc(-c3ccccc3-c3nnnn3C(c3ccccc3)(c3ccccc3)c3ccccc3)cc2)c2ncccc2n1. The van der Waals surface area contributed by atoms with Gasteiger partial charge in [0.25, 0.3) is 0 Å². The highest BCUT2D eigenvalue weighted by molar-refractivity contribution is 5.87. The highest BCUT2D eigenvalue weighted by atomic mass is 15.6. The zero-order valence-electron chi connectivity index (χ0n) is 27.7. The third kappa shape index (κ3) is 5.58. The molecule has 3 heterocycles. The van der Waals surface area contributed by atoms with Gasteiger partial charge >= 0.3 is 0 Å². The molecule has 0 radical (unpaired) electrons. The number of tetrazole rings is 1. The molecule has 8 aromatic rings. The second kappa shape index (κ2) is 13.6. The lowest BCUT2D eigenvalue weighted by atomic mass is 9.77. The topological polar surface area (TPSA) is 81.4 Å². The number of aromatic nitrogens is 6. The van der Waals surface area contributed by atoms with Gasteiger partial charge in [-0.25, -0.2) is 4.68 Å².